The zero-order valence-electron chi connectivity index (χ0n) is 15.0. The van der Waals surface area contributed by atoms with Crippen LogP contribution >= 0.6 is 34.8 Å². The highest BCUT2D eigenvalue weighted by atomic mass is 35.5. The quantitative estimate of drug-likeness (QED) is 0.551. The number of aryl methyl sites for hydroxylation is 1. The molecule has 0 radical (unpaired) electrons. The van der Waals surface area contributed by atoms with Gasteiger partial charge >= 0.3 is 6.03 Å². The number of urea groups is 1. The van der Waals surface area contributed by atoms with Crippen molar-refractivity contribution >= 4 is 64.0 Å². The molecule has 0 bridgehead atoms. The second-order valence-electron chi connectivity index (χ2n) is 6.38. The predicted octanol–water partition coefficient (Wildman–Crippen LogP) is 4.75. The molecule has 1 aliphatic heterocycles. The van der Waals surface area contributed by atoms with Crippen LogP contribution in [0, 0.1) is 6.92 Å². The van der Waals surface area contributed by atoms with Crippen LogP contribution in [0.4, 0.5) is 16.2 Å². The minimum absolute atomic E-state index is 0.191. The van der Waals surface area contributed by atoms with Gasteiger partial charge in [-0.25, -0.2) is 4.79 Å². The average Bonchev–Trinajstić information content (AvgIpc) is 2.84. The molecule has 6 nitrogen and oxygen atoms in total. The Labute approximate surface area is 177 Å². The number of nitrogens with zero attached hydrogens (tertiary/aromatic N) is 2. The molecule has 2 aromatic carbocycles. The molecule has 4 amide bonds. The van der Waals surface area contributed by atoms with E-state index in [0.717, 1.165) is 10.5 Å². The van der Waals surface area contributed by atoms with E-state index in [0.29, 0.717) is 5.69 Å². The van der Waals surface area contributed by atoms with E-state index in [-0.39, 0.29) is 20.8 Å². The Morgan fingerprint density at radius 1 is 1.04 bits per heavy atom. The number of amides is 4. The van der Waals surface area contributed by atoms with Crippen molar-refractivity contribution in [1.29, 1.82) is 0 Å². The summed E-state index contributed by atoms with van der Waals surface area (Å²) in [6.45, 7) is 3.10. The summed E-state index contributed by atoms with van der Waals surface area (Å²) in [6.07, 6.45) is 0. The first-order chi connectivity index (χ1) is 13.2. The molecule has 1 fully saturated rings. The largest absolute Gasteiger partial charge is 0.332 e. The van der Waals surface area contributed by atoms with E-state index < -0.39 is 30.4 Å². The van der Waals surface area contributed by atoms with E-state index in [4.69, 9.17) is 34.8 Å². The van der Waals surface area contributed by atoms with Gasteiger partial charge in [0.15, 0.2) is 0 Å². The molecule has 1 saturated heterocycles. The van der Waals surface area contributed by atoms with Gasteiger partial charge in [-0.2, -0.15) is 0 Å². The molecule has 3 rings (SSSR count). The van der Waals surface area contributed by atoms with Crippen LogP contribution in [0.15, 0.2) is 36.4 Å². The summed E-state index contributed by atoms with van der Waals surface area (Å²) in [6, 6.07) is 8.75. The number of anilines is 2. The molecule has 1 heterocycles. The molecule has 0 spiro atoms. The number of halogens is 3. The smallest absolute Gasteiger partial charge is 0.323 e. The van der Waals surface area contributed by atoms with Crippen molar-refractivity contribution in [2.75, 3.05) is 16.8 Å². The Hall–Kier alpha value is -2.28. The third-order valence-electron chi connectivity index (χ3n) is 4.35. The lowest BCUT2D eigenvalue weighted by molar-refractivity contribution is -0.130. The standard InChI is InChI=1S/C19H16Cl3N3O3/c1-10-3-5-12(6-4-10)25-11(2)18(27)24(19(25)28)9-17(26)23-16-8-14(21)13(20)7-15(16)22/h3-8,11H,9H2,1-2H3,(H,23,26)/t11-/m0/s1. The maximum atomic E-state index is 12.8. The fraction of sp³-hybridized carbons (Fsp3) is 0.211. The lowest BCUT2D eigenvalue weighted by Crippen LogP contribution is -2.39. The predicted molar refractivity (Wildman–Crippen MR) is 110 cm³/mol. The van der Waals surface area contributed by atoms with Gasteiger partial charge in [0, 0.05) is 5.69 Å². The fourth-order valence-corrected chi connectivity index (χ4v) is 3.46. The summed E-state index contributed by atoms with van der Waals surface area (Å²) in [5.74, 6) is -1.04. The summed E-state index contributed by atoms with van der Waals surface area (Å²) >= 11 is 17.8. The van der Waals surface area contributed by atoms with E-state index in [1.54, 1.807) is 19.1 Å². The summed E-state index contributed by atoms with van der Waals surface area (Å²) in [5, 5.41) is 3.20. The highest BCUT2D eigenvalue weighted by Gasteiger charge is 2.44. The Bertz CT molecular complexity index is 963. The molecule has 0 unspecified atom stereocenters. The number of nitrogens with one attached hydrogen (secondary N) is 1. The third kappa shape index (κ3) is 3.94. The highest BCUT2D eigenvalue weighted by Crippen LogP contribution is 2.32. The Morgan fingerprint density at radius 3 is 2.29 bits per heavy atom. The number of hydrogen-bond donors (Lipinski definition) is 1. The Kier molecular flexibility index (Phi) is 5.84. The van der Waals surface area contributed by atoms with Crippen molar-refractivity contribution in [1.82, 2.24) is 4.90 Å². The van der Waals surface area contributed by atoms with Gasteiger partial charge in [-0.1, -0.05) is 52.5 Å². The van der Waals surface area contributed by atoms with Crippen LogP contribution < -0.4 is 10.2 Å². The van der Waals surface area contributed by atoms with Crippen LogP contribution in [0.25, 0.3) is 0 Å². The summed E-state index contributed by atoms with van der Waals surface area (Å²) < 4.78 is 0. The lowest BCUT2D eigenvalue weighted by atomic mass is 10.2. The van der Waals surface area contributed by atoms with E-state index >= 15 is 0 Å². The molecule has 1 N–H and O–H groups in total. The topological polar surface area (TPSA) is 69.7 Å². The van der Waals surface area contributed by atoms with Crippen molar-refractivity contribution in [3.8, 4) is 0 Å². The van der Waals surface area contributed by atoms with Crippen molar-refractivity contribution in [2.24, 2.45) is 0 Å². The average molecular weight is 441 g/mol. The SMILES string of the molecule is Cc1ccc(N2C(=O)N(CC(=O)Nc3cc(Cl)c(Cl)cc3Cl)C(=O)[C@@H]2C)cc1. The minimum Gasteiger partial charge on any atom is -0.323 e. The highest BCUT2D eigenvalue weighted by molar-refractivity contribution is 6.44. The van der Waals surface area contributed by atoms with Crippen LogP contribution in [0.3, 0.4) is 0 Å². The molecule has 0 aromatic heterocycles. The van der Waals surface area contributed by atoms with Gasteiger partial charge in [-0.15, -0.1) is 0 Å². The van der Waals surface area contributed by atoms with Gasteiger partial charge < -0.3 is 5.32 Å². The van der Waals surface area contributed by atoms with Gasteiger partial charge in [0.05, 0.1) is 20.8 Å². The van der Waals surface area contributed by atoms with Crippen molar-refractivity contribution in [3.63, 3.8) is 0 Å². The van der Waals surface area contributed by atoms with Gasteiger partial charge in [0.25, 0.3) is 5.91 Å². The van der Waals surface area contributed by atoms with Gasteiger partial charge in [0.2, 0.25) is 5.91 Å². The summed E-state index contributed by atoms with van der Waals surface area (Å²) in [4.78, 5) is 40.0. The molecule has 2 aromatic rings. The van der Waals surface area contributed by atoms with E-state index in [2.05, 4.69) is 5.32 Å². The number of hydrogen-bond acceptors (Lipinski definition) is 3. The zero-order valence-corrected chi connectivity index (χ0v) is 17.3. The fourth-order valence-electron chi connectivity index (χ4n) is 2.86. The van der Waals surface area contributed by atoms with Crippen LogP contribution in [0.5, 0.6) is 0 Å². The lowest BCUT2D eigenvalue weighted by Gasteiger charge is -2.19. The number of carbonyl (C=O) groups is 3. The molecule has 28 heavy (non-hydrogen) atoms. The first-order valence-corrected chi connectivity index (χ1v) is 9.48. The molecule has 146 valence electrons. The van der Waals surface area contributed by atoms with Crippen LogP contribution in [-0.4, -0.2) is 35.3 Å². The molecular formula is C19H16Cl3N3O3. The van der Waals surface area contributed by atoms with Crippen molar-refractivity contribution in [3.05, 3.63) is 57.0 Å². The maximum Gasteiger partial charge on any atom is 0.332 e. The summed E-state index contributed by atoms with van der Waals surface area (Å²) in [5.41, 5.74) is 1.86. The van der Waals surface area contributed by atoms with Crippen LogP contribution in [-0.2, 0) is 9.59 Å². The third-order valence-corrected chi connectivity index (χ3v) is 5.38. The van der Waals surface area contributed by atoms with Crippen molar-refractivity contribution in [2.45, 2.75) is 19.9 Å². The number of rotatable bonds is 4. The van der Waals surface area contributed by atoms with E-state index in [1.165, 1.54) is 17.0 Å². The Morgan fingerprint density at radius 2 is 1.64 bits per heavy atom. The maximum absolute atomic E-state index is 12.8. The molecule has 1 aliphatic rings. The van der Waals surface area contributed by atoms with Crippen molar-refractivity contribution < 1.29 is 14.4 Å². The molecular weight excluding hydrogens is 425 g/mol. The number of benzene rings is 2. The molecule has 9 heteroatoms. The summed E-state index contributed by atoms with van der Waals surface area (Å²) in [7, 11) is 0. The van der Waals surface area contributed by atoms with E-state index in [9.17, 15) is 14.4 Å². The first kappa shape index (κ1) is 20.5. The molecule has 1 atom stereocenters. The monoisotopic (exact) mass is 439 g/mol. The second kappa shape index (κ2) is 7.99. The molecule has 0 aliphatic carbocycles. The zero-order chi connectivity index (χ0) is 20.6. The van der Waals surface area contributed by atoms with Gasteiger partial charge in [0.1, 0.15) is 12.6 Å². The normalized spacial score (nSPS) is 16.7. The van der Waals surface area contributed by atoms with Gasteiger partial charge in [-0.3, -0.25) is 19.4 Å². The molecule has 0 saturated carbocycles. The van der Waals surface area contributed by atoms with E-state index in [1.807, 2.05) is 19.1 Å². The van der Waals surface area contributed by atoms with Crippen LogP contribution in [0.2, 0.25) is 15.1 Å². The first-order valence-electron chi connectivity index (χ1n) is 8.34. The number of carbonyl (C=O) groups excluding carboxylic acids is 3. The van der Waals surface area contributed by atoms with Crippen LogP contribution in [0.1, 0.15) is 12.5 Å². The minimum atomic E-state index is -0.712. The number of imide groups is 1. The second-order valence-corrected chi connectivity index (χ2v) is 7.60. The van der Waals surface area contributed by atoms with Gasteiger partial charge in [-0.05, 0) is 38.1 Å². The Balaban J connectivity index is 1.76.